The van der Waals surface area contributed by atoms with Crippen LogP contribution in [0, 0.1) is 0 Å². The molecule has 1 unspecified atom stereocenters. The zero-order valence-corrected chi connectivity index (χ0v) is 7.32. The average molecular weight is 177 g/mol. The first-order chi connectivity index (χ1) is 6.27. The molecular formula is C9H11N3O. The summed E-state index contributed by atoms with van der Waals surface area (Å²) in [6.45, 7) is 1.79. The van der Waals surface area contributed by atoms with Crippen LogP contribution in [0.1, 0.15) is 6.92 Å². The van der Waals surface area contributed by atoms with Crippen molar-refractivity contribution in [2.24, 2.45) is 5.73 Å². The van der Waals surface area contributed by atoms with E-state index < -0.39 is 0 Å². The molecule has 13 heavy (non-hydrogen) atoms. The number of H-pyrrole nitrogens is 1. The molecule has 2 rings (SSSR count). The summed E-state index contributed by atoms with van der Waals surface area (Å²) in [6.07, 6.45) is 1.44. The Kier molecular flexibility index (Phi) is 1.90. The van der Waals surface area contributed by atoms with Crippen LogP contribution in [0.15, 0.2) is 24.4 Å². The zero-order chi connectivity index (χ0) is 9.26. The molecule has 4 heteroatoms. The molecule has 0 bridgehead atoms. The quantitative estimate of drug-likeness (QED) is 0.678. The van der Waals surface area contributed by atoms with E-state index >= 15 is 0 Å². The van der Waals surface area contributed by atoms with Crippen LogP contribution in [0.2, 0.25) is 0 Å². The Labute approximate surface area is 75.7 Å². The molecule has 0 amide bonds. The monoisotopic (exact) mass is 177 g/mol. The van der Waals surface area contributed by atoms with Gasteiger partial charge in [-0.05, 0) is 13.0 Å². The number of nitrogens with zero attached hydrogens (tertiary/aromatic N) is 1. The minimum Gasteiger partial charge on any atom is -0.474 e. The molecule has 0 spiro atoms. The number of hydrogen-bond acceptors (Lipinski definition) is 3. The number of benzene rings is 1. The van der Waals surface area contributed by atoms with Crippen LogP contribution < -0.4 is 10.5 Å². The lowest BCUT2D eigenvalue weighted by Crippen LogP contribution is -2.22. The summed E-state index contributed by atoms with van der Waals surface area (Å²) >= 11 is 0. The van der Waals surface area contributed by atoms with E-state index in [4.69, 9.17) is 10.5 Å². The predicted octanol–water partition coefficient (Wildman–Crippen LogP) is 1.25. The molecule has 3 N–H and O–H groups in total. The normalized spacial score (nSPS) is 13.1. The molecule has 0 radical (unpaired) electrons. The van der Waals surface area contributed by atoms with E-state index in [1.807, 2.05) is 18.2 Å². The summed E-state index contributed by atoms with van der Waals surface area (Å²) in [6, 6.07) is 5.74. The summed E-state index contributed by atoms with van der Waals surface area (Å²) < 4.78 is 5.39. The molecule has 0 aliphatic rings. The van der Waals surface area contributed by atoms with Gasteiger partial charge in [0, 0.05) is 5.39 Å². The van der Waals surface area contributed by atoms with E-state index in [0.29, 0.717) is 0 Å². The number of hydrogen-bond donors (Lipinski definition) is 2. The second-order valence-electron chi connectivity index (χ2n) is 2.91. The fourth-order valence-corrected chi connectivity index (χ4v) is 1.24. The van der Waals surface area contributed by atoms with Crippen molar-refractivity contribution in [3.05, 3.63) is 24.4 Å². The van der Waals surface area contributed by atoms with Gasteiger partial charge in [-0.15, -0.1) is 0 Å². The Morgan fingerprint density at radius 3 is 3.15 bits per heavy atom. The Morgan fingerprint density at radius 1 is 1.54 bits per heavy atom. The lowest BCUT2D eigenvalue weighted by Gasteiger charge is -2.09. The molecule has 1 atom stereocenters. The lowest BCUT2D eigenvalue weighted by molar-refractivity contribution is 0.232. The second-order valence-corrected chi connectivity index (χ2v) is 2.91. The summed E-state index contributed by atoms with van der Waals surface area (Å²) in [5, 5.41) is 7.81. The van der Waals surface area contributed by atoms with E-state index in [9.17, 15) is 0 Å². The van der Waals surface area contributed by atoms with Gasteiger partial charge < -0.3 is 4.74 Å². The molecule has 0 fully saturated rings. The summed E-state index contributed by atoms with van der Waals surface area (Å²) in [5.74, 6) is 0.741. The first kappa shape index (κ1) is 8.07. The van der Waals surface area contributed by atoms with Gasteiger partial charge in [-0.1, -0.05) is 12.1 Å². The number of rotatable bonds is 2. The standard InChI is InChI=1S/C9H11N3O/c1-6(10)13-8-4-2-3-7-5-11-12-9(7)8/h2-6H,10H2,1H3,(H,11,12). The van der Waals surface area contributed by atoms with Crippen LogP contribution >= 0.6 is 0 Å². The van der Waals surface area contributed by atoms with Gasteiger partial charge in [-0.3, -0.25) is 10.8 Å². The Hall–Kier alpha value is -1.55. The maximum absolute atomic E-state index is 5.53. The van der Waals surface area contributed by atoms with Crippen molar-refractivity contribution in [3.63, 3.8) is 0 Å². The third-order valence-corrected chi connectivity index (χ3v) is 1.75. The van der Waals surface area contributed by atoms with Crippen LogP contribution in [0.4, 0.5) is 0 Å². The number of nitrogens with two attached hydrogens (primary N) is 1. The Balaban J connectivity index is 2.48. The van der Waals surface area contributed by atoms with E-state index in [2.05, 4.69) is 10.2 Å². The highest BCUT2D eigenvalue weighted by atomic mass is 16.5. The molecule has 1 heterocycles. The van der Waals surface area contributed by atoms with Gasteiger partial charge >= 0.3 is 0 Å². The van der Waals surface area contributed by atoms with Gasteiger partial charge in [0.2, 0.25) is 0 Å². The maximum atomic E-state index is 5.53. The van der Waals surface area contributed by atoms with Gasteiger partial charge in [-0.25, -0.2) is 0 Å². The van der Waals surface area contributed by atoms with Crippen LogP contribution in [0.3, 0.4) is 0 Å². The van der Waals surface area contributed by atoms with E-state index in [-0.39, 0.29) is 6.23 Å². The highest BCUT2D eigenvalue weighted by Crippen LogP contribution is 2.22. The number of ether oxygens (including phenoxy) is 1. The van der Waals surface area contributed by atoms with Gasteiger partial charge in [0.1, 0.15) is 17.5 Å². The third kappa shape index (κ3) is 1.48. The van der Waals surface area contributed by atoms with Crippen molar-refractivity contribution in [1.29, 1.82) is 0 Å². The Morgan fingerprint density at radius 2 is 2.38 bits per heavy atom. The fourth-order valence-electron chi connectivity index (χ4n) is 1.24. The molecule has 2 aromatic rings. The van der Waals surface area contributed by atoms with Gasteiger partial charge in [0.15, 0.2) is 0 Å². The van der Waals surface area contributed by atoms with E-state index in [1.54, 1.807) is 13.1 Å². The van der Waals surface area contributed by atoms with Crippen molar-refractivity contribution in [2.75, 3.05) is 0 Å². The van der Waals surface area contributed by atoms with Crippen molar-refractivity contribution < 1.29 is 4.74 Å². The minimum absolute atomic E-state index is 0.311. The predicted molar refractivity (Wildman–Crippen MR) is 50.4 cm³/mol. The lowest BCUT2D eigenvalue weighted by atomic mass is 10.2. The molecule has 68 valence electrons. The first-order valence-electron chi connectivity index (χ1n) is 4.12. The number of para-hydroxylation sites is 1. The summed E-state index contributed by atoms with van der Waals surface area (Å²) in [5.41, 5.74) is 6.42. The molecule has 0 aliphatic heterocycles. The summed E-state index contributed by atoms with van der Waals surface area (Å²) in [4.78, 5) is 0. The molecule has 0 aliphatic carbocycles. The smallest absolute Gasteiger partial charge is 0.147 e. The highest BCUT2D eigenvalue weighted by Gasteiger charge is 2.04. The SMILES string of the molecule is CC(N)Oc1cccc2cn[nH]c12. The van der Waals surface area contributed by atoms with Gasteiger partial charge in [-0.2, -0.15) is 5.10 Å². The van der Waals surface area contributed by atoms with Gasteiger partial charge in [0.25, 0.3) is 0 Å². The van der Waals surface area contributed by atoms with Crippen LogP contribution in [0.25, 0.3) is 10.9 Å². The first-order valence-corrected chi connectivity index (χ1v) is 4.12. The molecule has 0 saturated carbocycles. The fraction of sp³-hybridized carbons (Fsp3) is 0.222. The molecule has 4 nitrogen and oxygen atoms in total. The third-order valence-electron chi connectivity index (χ3n) is 1.75. The van der Waals surface area contributed by atoms with Crippen molar-refractivity contribution in [2.45, 2.75) is 13.2 Å². The second kappa shape index (κ2) is 3.06. The van der Waals surface area contributed by atoms with Crippen LogP contribution in [-0.2, 0) is 0 Å². The van der Waals surface area contributed by atoms with E-state index in [1.165, 1.54) is 0 Å². The Bertz CT molecular complexity index is 408. The molecule has 0 saturated heterocycles. The van der Waals surface area contributed by atoms with Crippen molar-refractivity contribution in [1.82, 2.24) is 10.2 Å². The van der Waals surface area contributed by atoms with Gasteiger partial charge in [0.05, 0.1) is 6.20 Å². The molecular weight excluding hydrogens is 166 g/mol. The number of aromatic amines is 1. The van der Waals surface area contributed by atoms with Crippen molar-refractivity contribution in [3.8, 4) is 5.75 Å². The molecule has 1 aromatic carbocycles. The number of nitrogens with one attached hydrogen (secondary N) is 1. The highest BCUT2D eigenvalue weighted by molar-refractivity contribution is 5.83. The number of fused-ring (bicyclic) bond motifs is 1. The van der Waals surface area contributed by atoms with Crippen molar-refractivity contribution >= 4 is 10.9 Å². The summed E-state index contributed by atoms with van der Waals surface area (Å²) in [7, 11) is 0. The van der Waals surface area contributed by atoms with Crippen LogP contribution in [0.5, 0.6) is 5.75 Å². The topological polar surface area (TPSA) is 63.9 Å². The maximum Gasteiger partial charge on any atom is 0.147 e. The van der Waals surface area contributed by atoms with Crippen LogP contribution in [-0.4, -0.2) is 16.4 Å². The zero-order valence-electron chi connectivity index (χ0n) is 7.32. The average Bonchev–Trinajstić information content (AvgIpc) is 2.51. The number of aromatic nitrogens is 2. The molecule has 1 aromatic heterocycles. The largest absolute Gasteiger partial charge is 0.474 e. The minimum atomic E-state index is -0.311. The van der Waals surface area contributed by atoms with E-state index in [0.717, 1.165) is 16.7 Å².